The molecule has 0 bridgehead atoms. The molecule has 6 heteroatoms. The van der Waals surface area contributed by atoms with Crippen LogP contribution in [0.25, 0.3) is 5.69 Å². The predicted molar refractivity (Wildman–Crippen MR) is 71.9 cm³/mol. The van der Waals surface area contributed by atoms with Gasteiger partial charge in [0.05, 0.1) is 11.8 Å². The SMILES string of the molecule is Cc1cc(C)n(-c2ccc(NC(=O)CC#N)cc2F)n1. The molecule has 1 N–H and O–H groups in total. The van der Waals surface area contributed by atoms with Gasteiger partial charge in [0.1, 0.15) is 12.1 Å². The van der Waals surface area contributed by atoms with Gasteiger partial charge in [-0.1, -0.05) is 0 Å². The Morgan fingerprint density at radius 3 is 2.75 bits per heavy atom. The van der Waals surface area contributed by atoms with Crippen LogP contribution in [-0.2, 0) is 4.79 Å². The summed E-state index contributed by atoms with van der Waals surface area (Å²) < 4.78 is 15.6. The van der Waals surface area contributed by atoms with Crippen LogP contribution in [-0.4, -0.2) is 15.7 Å². The van der Waals surface area contributed by atoms with Crippen molar-refractivity contribution < 1.29 is 9.18 Å². The van der Waals surface area contributed by atoms with Gasteiger partial charge in [0, 0.05) is 11.4 Å². The van der Waals surface area contributed by atoms with E-state index >= 15 is 0 Å². The van der Waals surface area contributed by atoms with Gasteiger partial charge < -0.3 is 5.32 Å². The summed E-state index contributed by atoms with van der Waals surface area (Å²) >= 11 is 0. The van der Waals surface area contributed by atoms with Gasteiger partial charge in [0.15, 0.2) is 5.82 Å². The van der Waals surface area contributed by atoms with E-state index < -0.39 is 11.7 Å². The van der Waals surface area contributed by atoms with E-state index in [4.69, 9.17) is 5.26 Å². The number of nitriles is 1. The number of hydrogen-bond donors (Lipinski definition) is 1. The number of rotatable bonds is 3. The monoisotopic (exact) mass is 272 g/mol. The van der Waals surface area contributed by atoms with E-state index in [9.17, 15) is 9.18 Å². The van der Waals surface area contributed by atoms with Crippen molar-refractivity contribution in [2.75, 3.05) is 5.32 Å². The Balaban J connectivity index is 2.29. The molecule has 1 aromatic heterocycles. The van der Waals surface area contributed by atoms with Crippen molar-refractivity contribution in [1.82, 2.24) is 9.78 Å². The number of carbonyl (C=O) groups is 1. The highest BCUT2D eigenvalue weighted by atomic mass is 19.1. The molecule has 5 nitrogen and oxygen atoms in total. The van der Waals surface area contributed by atoms with E-state index in [0.717, 1.165) is 11.4 Å². The molecule has 2 rings (SSSR count). The number of carbonyl (C=O) groups excluding carboxylic acids is 1. The van der Waals surface area contributed by atoms with Gasteiger partial charge in [-0.05, 0) is 38.1 Å². The fourth-order valence-electron chi connectivity index (χ4n) is 1.91. The Hall–Kier alpha value is -2.68. The molecular weight excluding hydrogens is 259 g/mol. The van der Waals surface area contributed by atoms with E-state index in [-0.39, 0.29) is 6.42 Å². The summed E-state index contributed by atoms with van der Waals surface area (Å²) in [6.45, 7) is 3.67. The second-order valence-electron chi connectivity index (χ2n) is 4.39. The maximum absolute atomic E-state index is 14.1. The smallest absolute Gasteiger partial charge is 0.238 e. The molecule has 0 aliphatic rings. The van der Waals surface area contributed by atoms with Gasteiger partial charge in [0.25, 0.3) is 0 Å². The topological polar surface area (TPSA) is 70.7 Å². The zero-order valence-electron chi connectivity index (χ0n) is 11.1. The normalized spacial score (nSPS) is 10.1. The molecule has 0 aliphatic heterocycles. The van der Waals surface area contributed by atoms with Crippen LogP contribution in [0.15, 0.2) is 24.3 Å². The van der Waals surface area contributed by atoms with Crippen molar-refractivity contribution in [3.63, 3.8) is 0 Å². The quantitative estimate of drug-likeness (QED) is 0.933. The van der Waals surface area contributed by atoms with E-state index in [0.29, 0.717) is 11.4 Å². The first-order valence-corrected chi connectivity index (χ1v) is 6.01. The van der Waals surface area contributed by atoms with Crippen LogP contribution in [0.2, 0.25) is 0 Å². The number of benzene rings is 1. The Morgan fingerprint density at radius 1 is 1.45 bits per heavy atom. The first-order valence-electron chi connectivity index (χ1n) is 6.01. The summed E-state index contributed by atoms with van der Waals surface area (Å²) in [7, 11) is 0. The zero-order chi connectivity index (χ0) is 14.7. The maximum atomic E-state index is 14.1. The Labute approximate surface area is 115 Å². The lowest BCUT2D eigenvalue weighted by Gasteiger charge is -2.08. The molecule has 102 valence electrons. The molecule has 0 saturated heterocycles. The Morgan fingerprint density at radius 2 is 2.20 bits per heavy atom. The number of hydrogen-bond acceptors (Lipinski definition) is 3. The Bertz CT molecular complexity index is 700. The Kier molecular flexibility index (Phi) is 3.80. The summed E-state index contributed by atoms with van der Waals surface area (Å²) in [5.41, 5.74) is 2.25. The fourth-order valence-corrected chi connectivity index (χ4v) is 1.91. The average molecular weight is 272 g/mol. The second kappa shape index (κ2) is 5.53. The number of halogens is 1. The van der Waals surface area contributed by atoms with Crippen molar-refractivity contribution >= 4 is 11.6 Å². The highest BCUT2D eigenvalue weighted by molar-refractivity contribution is 5.92. The predicted octanol–water partition coefficient (Wildman–Crippen LogP) is 2.48. The largest absolute Gasteiger partial charge is 0.325 e. The van der Waals surface area contributed by atoms with Gasteiger partial charge in [-0.15, -0.1) is 0 Å². The summed E-state index contributed by atoms with van der Waals surface area (Å²) in [5.74, 6) is -0.961. The molecule has 0 spiro atoms. The lowest BCUT2D eigenvalue weighted by atomic mass is 10.2. The number of amides is 1. The van der Waals surface area contributed by atoms with Crippen LogP contribution in [0, 0.1) is 31.0 Å². The highest BCUT2D eigenvalue weighted by Crippen LogP contribution is 2.20. The van der Waals surface area contributed by atoms with E-state index in [1.165, 1.54) is 16.8 Å². The molecule has 0 fully saturated rings. The minimum Gasteiger partial charge on any atom is -0.325 e. The summed E-state index contributed by atoms with van der Waals surface area (Å²) in [6.07, 6.45) is -0.263. The first-order chi connectivity index (χ1) is 9.51. The third kappa shape index (κ3) is 2.83. The van der Waals surface area contributed by atoms with Gasteiger partial charge in [0.2, 0.25) is 5.91 Å². The van der Waals surface area contributed by atoms with Crippen molar-refractivity contribution in [3.8, 4) is 11.8 Å². The van der Waals surface area contributed by atoms with Crippen molar-refractivity contribution in [2.24, 2.45) is 0 Å². The standard InChI is InChI=1S/C14H13FN4O/c1-9-7-10(2)19(18-9)13-4-3-11(8-12(13)15)17-14(20)5-6-16/h3-4,7-8H,5H2,1-2H3,(H,17,20). The number of aromatic nitrogens is 2. The van der Waals surface area contributed by atoms with E-state index in [1.54, 1.807) is 12.1 Å². The molecule has 1 heterocycles. The molecule has 1 aromatic carbocycles. The van der Waals surface area contributed by atoms with Crippen molar-refractivity contribution in [3.05, 3.63) is 41.5 Å². The maximum Gasteiger partial charge on any atom is 0.238 e. The molecule has 0 aliphatic carbocycles. The van der Waals surface area contributed by atoms with Crippen molar-refractivity contribution in [1.29, 1.82) is 5.26 Å². The van der Waals surface area contributed by atoms with Crippen LogP contribution in [0.4, 0.5) is 10.1 Å². The van der Waals surface area contributed by atoms with Crippen LogP contribution in [0.3, 0.4) is 0 Å². The third-order valence-corrected chi connectivity index (χ3v) is 2.71. The summed E-state index contributed by atoms with van der Waals surface area (Å²) in [5, 5.41) is 15.1. The fraction of sp³-hybridized carbons (Fsp3) is 0.214. The lowest BCUT2D eigenvalue weighted by Crippen LogP contribution is -2.11. The molecule has 0 saturated carbocycles. The molecule has 1 amide bonds. The minimum absolute atomic E-state index is 0.263. The van der Waals surface area contributed by atoms with E-state index in [1.807, 2.05) is 19.9 Å². The molecular formula is C14H13FN4O. The molecule has 2 aromatic rings. The highest BCUT2D eigenvalue weighted by Gasteiger charge is 2.10. The van der Waals surface area contributed by atoms with Gasteiger partial charge in [-0.3, -0.25) is 4.79 Å². The van der Waals surface area contributed by atoms with Gasteiger partial charge in [-0.2, -0.15) is 10.4 Å². The molecule has 20 heavy (non-hydrogen) atoms. The molecule has 0 unspecified atom stereocenters. The molecule has 0 atom stereocenters. The first kappa shape index (κ1) is 13.7. The molecule has 0 radical (unpaired) electrons. The van der Waals surface area contributed by atoms with Crippen LogP contribution < -0.4 is 5.32 Å². The second-order valence-corrected chi connectivity index (χ2v) is 4.39. The number of nitrogens with zero attached hydrogens (tertiary/aromatic N) is 3. The van der Waals surface area contributed by atoms with Crippen LogP contribution in [0.1, 0.15) is 17.8 Å². The average Bonchev–Trinajstić information content (AvgIpc) is 2.69. The van der Waals surface area contributed by atoms with Gasteiger partial charge in [-0.25, -0.2) is 9.07 Å². The summed E-state index contributed by atoms with van der Waals surface area (Å²) in [6, 6.07) is 7.90. The third-order valence-electron chi connectivity index (χ3n) is 2.71. The van der Waals surface area contributed by atoms with Crippen LogP contribution in [0.5, 0.6) is 0 Å². The summed E-state index contributed by atoms with van der Waals surface area (Å²) in [4.78, 5) is 11.3. The van der Waals surface area contributed by atoms with Crippen LogP contribution >= 0.6 is 0 Å². The van der Waals surface area contributed by atoms with Gasteiger partial charge >= 0.3 is 0 Å². The number of nitrogens with one attached hydrogen (secondary N) is 1. The number of aryl methyl sites for hydroxylation is 2. The van der Waals surface area contributed by atoms with E-state index in [2.05, 4.69) is 10.4 Å². The lowest BCUT2D eigenvalue weighted by molar-refractivity contribution is -0.115. The minimum atomic E-state index is -0.494. The zero-order valence-corrected chi connectivity index (χ0v) is 11.1. The number of anilines is 1. The van der Waals surface area contributed by atoms with Crippen molar-refractivity contribution in [2.45, 2.75) is 20.3 Å².